The van der Waals surface area contributed by atoms with Crippen LogP contribution in [0, 0.1) is 5.92 Å². The highest BCUT2D eigenvalue weighted by Gasteiger charge is 2.32. The molecule has 1 fully saturated rings. The maximum absolute atomic E-state index is 11.6. The molecule has 2 amide bonds. The summed E-state index contributed by atoms with van der Waals surface area (Å²) in [6.45, 7) is 2.42. The van der Waals surface area contributed by atoms with E-state index in [1.807, 2.05) is 6.92 Å². The minimum absolute atomic E-state index is 0.0626. The lowest BCUT2D eigenvalue weighted by Crippen LogP contribution is -2.40. The van der Waals surface area contributed by atoms with Crippen molar-refractivity contribution >= 4 is 21.7 Å². The van der Waals surface area contributed by atoms with Gasteiger partial charge in [0.25, 0.3) is 0 Å². The molecule has 0 aromatic heterocycles. The van der Waals surface area contributed by atoms with Gasteiger partial charge in [-0.05, 0) is 12.8 Å². The summed E-state index contributed by atoms with van der Waals surface area (Å²) in [6.07, 6.45) is 1.19. The topological polar surface area (TPSA) is 92.3 Å². The van der Waals surface area contributed by atoms with Crippen LogP contribution < -0.4 is 10.6 Å². The molecular weight excluding hydrogens is 244 g/mol. The molecule has 1 aliphatic heterocycles. The number of rotatable bonds is 5. The largest absolute Gasteiger partial charge is 0.355 e. The molecule has 1 saturated heterocycles. The molecule has 6 nitrogen and oxygen atoms in total. The summed E-state index contributed by atoms with van der Waals surface area (Å²) in [5.74, 6) is -1.14. The predicted octanol–water partition coefficient (Wildman–Crippen LogP) is -0.936. The summed E-state index contributed by atoms with van der Waals surface area (Å²) in [5.41, 5.74) is 0. The smallest absolute Gasteiger partial charge is 0.239 e. The molecule has 2 N–H and O–H groups in total. The van der Waals surface area contributed by atoms with Crippen molar-refractivity contribution in [2.45, 2.75) is 19.8 Å². The molecule has 0 saturated carbocycles. The van der Waals surface area contributed by atoms with Gasteiger partial charge in [-0.1, -0.05) is 6.92 Å². The molecular formula is C10H18N2O4S. The van der Waals surface area contributed by atoms with Crippen molar-refractivity contribution in [3.05, 3.63) is 0 Å². The van der Waals surface area contributed by atoms with Crippen molar-refractivity contribution in [3.63, 3.8) is 0 Å². The Bertz CT molecular complexity index is 391. The second-order valence-corrected chi connectivity index (χ2v) is 6.40. The van der Waals surface area contributed by atoms with Crippen molar-refractivity contribution in [3.8, 4) is 0 Å². The van der Waals surface area contributed by atoms with Gasteiger partial charge in [0.05, 0.1) is 24.0 Å². The van der Waals surface area contributed by atoms with Crippen LogP contribution in [0.3, 0.4) is 0 Å². The summed E-state index contributed by atoms with van der Waals surface area (Å²) >= 11 is 0. The molecule has 7 heteroatoms. The third kappa shape index (κ3) is 4.72. The van der Waals surface area contributed by atoms with Crippen LogP contribution in [-0.4, -0.2) is 44.8 Å². The van der Waals surface area contributed by atoms with E-state index in [-0.39, 0.29) is 29.9 Å². The Balaban J connectivity index is 2.29. The van der Waals surface area contributed by atoms with E-state index >= 15 is 0 Å². The van der Waals surface area contributed by atoms with E-state index < -0.39 is 15.8 Å². The van der Waals surface area contributed by atoms with E-state index in [9.17, 15) is 18.0 Å². The first kappa shape index (κ1) is 14.0. The van der Waals surface area contributed by atoms with Gasteiger partial charge in [0, 0.05) is 6.54 Å². The van der Waals surface area contributed by atoms with Crippen LogP contribution in [-0.2, 0) is 19.4 Å². The predicted molar refractivity (Wildman–Crippen MR) is 63.1 cm³/mol. The van der Waals surface area contributed by atoms with E-state index in [1.165, 1.54) is 0 Å². The lowest BCUT2D eigenvalue weighted by molar-refractivity contribution is -0.128. The molecule has 1 atom stereocenters. The fraction of sp³-hybridized carbons (Fsp3) is 0.800. The number of carbonyl (C=O) groups is 2. The first-order chi connectivity index (χ1) is 7.94. The quantitative estimate of drug-likeness (QED) is 0.669. The monoisotopic (exact) mass is 262 g/mol. The normalized spacial score (nSPS) is 22.1. The Morgan fingerprint density at radius 1 is 1.29 bits per heavy atom. The van der Waals surface area contributed by atoms with Crippen LogP contribution in [0.25, 0.3) is 0 Å². The molecule has 0 spiro atoms. The maximum Gasteiger partial charge on any atom is 0.239 e. The van der Waals surface area contributed by atoms with E-state index in [0.717, 1.165) is 6.42 Å². The molecule has 0 aromatic carbocycles. The SMILES string of the molecule is CCCNC(=O)CNC(=O)C1CCS(=O)(=O)C1. The molecule has 0 aromatic rings. The minimum Gasteiger partial charge on any atom is -0.355 e. The number of carbonyl (C=O) groups excluding carboxylic acids is 2. The lowest BCUT2D eigenvalue weighted by Gasteiger charge is -2.09. The highest BCUT2D eigenvalue weighted by molar-refractivity contribution is 7.91. The Morgan fingerprint density at radius 3 is 2.53 bits per heavy atom. The van der Waals surface area contributed by atoms with E-state index in [2.05, 4.69) is 10.6 Å². The van der Waals surface area contributed by atoms with Crippen molar-refractivity contribution in [1.29, 1.82) is 0 Å². The van der Waals surface area contributed by atoms with Crippen molar-refractivity contribution < 1.29 is 18.0 Å². The zero-order valence-corrected chi connectivity index (χ0v) is 10.7. The van der Waals surface area contributed by atoms with Gasteiger partial charge in [-0.3, -0.25) is 9.59 Å². The summed E-state index contributed by atoms with van der Waals surface area (Å²) in [6, 6.07) is 0. The number of amides is 2. The van der Waals surface area contributed by atoms with Crippen LogP contribution in [0.2, 0.25) is 0 Å². The Kier molecular flexibility index (Phi) is 4.92. The first-order valence-corrected chi connectivity index (χ1v) is 7.51. The molecule has 1 aliphatic rings. The van der Waals surface area contributed by atoms with Gasteiger partial charge in [-0.2, -0.15) is 0 Å². The average molecular weight is 262 g/mol. The van der Waals surface area contributed by atoms with Crippen LogP contribution >= 0.6 is 0 Å². The van der Waals surface area contributed by atoms with Crippen LogP contribution in [0.15, 0.2) is 0 Å². The van der Waals surface area contributed by atoms with Crippen LogP contribution in [0.5, 0.6) is 0 Å². The van der Waals surface area contributed by atoms with Crippen LogP contribution in [0.4, 0.5) is 0 Å². The fourth-order valence-electron chi connectivity index (χ4n) is 1.64. The Hall–Kier alpha value is -1.11. The summed E-state index contributed by atoms with van der Waals surface area (Å²) in [7, 11) is -3.05. The first-order valence-electron chi connectivity index (χ1n) is 5.69. The fourth-order valence-corrected chi connectivity index (χ4v) is 3.38. The molecule has 0 radical (unpaired) electrons. The molecule has 1 heterocycles. The number of nitrogens with one attached hydrogen (secondary N) is 2. The molecule has 17 heavy (non-hydrogen) atoms. The second kappa shape index (κ2) is 6.00. The molecule has 0 aliphatic carbocycles. The number of hydrogen-bond acceptors (Lipinski definition) is 4. The van der Waals surface area contributed by atoms with Gasteiger partial charge in [-0.15, -0.1) is 0 Å². The van der Waals surface area contributed by atoms with E-state index in [1.54, 1.807) is 0 Å². The van der Waals surface area contributed by atoms with Gasteiger partial charge in [-0.25, -0.2) is 8.42 Å². The Morgan fingerprint density at radius 2 is 2.00 bits per heavy atom. The van der Waals surface area contributed by atoms with Crippen molar-refractivity contribution in [1.82, 2.24) is 10.6 Å². The highest BCUT2D eigenvalue weighted by Crippen LogP contribution is 2.18. The summed E-state index contributed by atoms with van der Waals surface area (Å²) < 4.78 is 22.3. The molecule has 0 bridgehead atoms. The second-order valence-electron chi connectivity index (χ2n) is 4.17. The summed E-state index contributed by atoms with van der Waals surface area (Å²) in [4.78, 5) is 22.8. The van der Waals surface area contributed by atoms with E-state index in [4.69, 9.17) is 0 Å². The third-order valence-electron chi connectivity index (χ3n) is 2.60. The molecule has 1 rings (SSSR count). The van der Waals surface area contributed by atoms with Crippen molar-refractivity contribution in [2.24, 2.45) is 5.92 Å². The summed E-state index contributed by atoms with van der Waals surface area (Å²) in [5, 5.41) is 5.08. The van der Waals surface area contributed by atoms with Gasteiger partial charge in [0.1, 0.15) is 0 Å². The van der Waals surface area contributed by atoms with Gasteiger partial charge >= 0.3 is 0 Å². The number of sulfone groups is 1. The lowest BCUT2D eigenvalue weighted by atomic mass is 10.1. The number of hydrogen-bond donors (Lipinski definition) is 2. The van der Waals surface area contributed by atoms with Crippen molar-refractivity contribution in [2.75, 3.05) is 24.6 Å². The van der Waals surface area contributed by atoms with Gasteiger partial charge in [0.2, 0.25) is 11.8 Å². The molecule has 1 unspecified atom stereocenters. The van der Waals surface area contributed by atoms with E-state index in [0.29, 0.717) is 13.0 Å². The zero-order valence-electron chi connectivity index (χ0n) is 9.86. The third-order valence-corrected chi connectivity index (χ3v) is 4.37. The molecule has 98 valence electrons. The highest BCUT2D eigenvalue weighted by atomic mass is 32.2. The average Bonchev–Trinajstić information content (AvgIpc) is 2.63. The van der Waals surface area contributed by atoms with Gasteiger partial charge < -0.3 is 10.6 Å². The zero-order chi connectivity index (χ0) is 12.9. The Labute approximate surface area is 101 Å². The standard InChI is InChI=1S/C10H18N2O4S/c1-2-4-11-9(13)6-12-10(14)8-3-5-17(15,16)7-8/h8H,2-7H2,1H3,(H,11,13)(H,12,14). The van der Waals surface area contributed by atoms with Crippen LogP contribution in [0.1, 0.15) is 19.8 Å². The minimum atomic E-state index is -3.05. The van der Waals surface area contributed by atoms with Gasteiger partial charge in [0.15, 0.2) is 9.84 Å². The maximum atomic E-state index is 11.6.